The van der Waals surface area contributed by atoms with Crippen LogP contribution in [0.3, 0.4) is 0 Å². The van der Waals surface area contributed by atoms with E-state index in [2.05, 4.69) is 10.6 Å². The molecule has 104 valence electrons. The smallest absolute Gasteiger partial charge is 0.243 e. The van der Waals surface area contributed by atoms with Crippen LogP contribution in [0.4, 0.5) is 15.8 Å². The van der Waals surface area contributed by atoms with Crippen LogP contribution in [0.5, 0.6) is 5.75 Å². The molecule has 0 atom stereocenters. The van der Waals surface area contributed by atoms with E-state index in [1.807, 2.05) is 18.2 Å². The monoisotopic (exact) mass is 274 g/mol. The molecule has 2 N–H and O–H groups in total. The number of halogens is 1. The Labute approximate surface area is 116 Å². The summed E-state index contributed by atoms with van der Waals surface area (Å²) in [6.07, 6.45) is 0. The van der Waals surface area contributed by atoms with Crippen molar-refractivity contribution in [2.24, 2.45) is 0 Å². The molecule has 5 heteroatoms. The van der Waals surface area contributed by atoms with Crippen LogP contribution in [0.15, 0.2) is 48.5 Å². The van der Waals surface area contributed by atoms with Crippen molar-refractivity contribution >= 4 is 17.3 Å². The third-order valence-electron chi connectivity index (χ3n) is 2.65. The minimum atomic E-state index is -0.336. The van der Waals surface area contributed by atoms with Gasteiger partial charge in [0.15, 0.2) is 0 Å². The summed E-state index contributed by atoms with van der Waals surface area (Å²) in [5.74, 6) is 0.172. The molecule has 2 rings (SSSR count). The van der Waals surface area contributed by atoms with E-state index in [0.29, 0.717) is 11.4 Å². The molecule has 20 heavy (non-hydrogen) atoms. The van der Waals surface area contributed by atoms with E-state index < -0.39 is 0 Å². The van der Waals surface area contributed by atoms with E-state index in [9.17, 15) is 9.18 Å². The van der Waals surface area contributed by atoms with Gasteiger partial charge in [0, 0.05) is 17.4 Å². The van der Waals surface area contributed by atoms with Crippen LogP contribution in [-0.2, 0) is 4.79 Å². The number of amides is 1. The van der Waals surface area contributed by atoms with Crippen LogP contribution in [0, 0.1) is 5.82 Å². The molecule has 2 aromatic carbocycles. The number of anilines is 2. The number of ether oxygens (including phenoxy) is 1. The van der Waals surface area contributed by atoms with Gasteiger partial charge in [0.25, 0.3) is 0 Å². The van der Waals surface area contributed by atoms with Crippen LogP contribution in [0.25, 0.3) is 0 Å². The number of benzene rings is 2. The van der Waals surface area contributed by atoms with Gasteiger partial charge in [0.05, 0.1) is 13.7 Å². The molecule has 0 fully saturated rings. The highest BCUT2D eigenvalue weighted by molar-refractivity contribution is 5.93. The van der Waals surface area contributed by atoms with Gasteiger partial charge in [-0.25, -0.2) is 4.39 Å². The van der Waals surface area contributed by atoms with Crippen LogP contribution in [0.1, 0.15) is 0 Å². The minimum Gasteiger partial charge on any atom is -0.497 e. The first-order valence-corrected chi connectivity index (χ1v) is 6.11. The lowest BCUT2D eigenvalue weighted by Gasteiger charge is -2.09. The van der Waals surface area contributed by atoms with E-state index in [1.54, 1.807) is 13.2 Å². The molecule has 0 spiro atoms. The van der Waals surface area contributed by atoms with Gasteiger partial charge in [-0.05, 0) is 36.4 Å². The first-order chi connectivity index (χ1) is 9.67. The fraction of sp³-hybridized carbons (Fsp3) is 0.133. The Morgan fingerprint density at radius 3 is 2.60 bits per heavy atom. The largest absolute Gasteiger partial charge is 0.497 e. The second kappa shape index (κ2) is 6.56. The predicted molar refractivity (Wildman–Crippen MR) is 76.5 cm³/mol. The predicted octanol–water partition coefficient (Wildman–Crippen LogP) is 2.88. The highest BCUT2D eigenvalue weighted by Gasteiger charge is 2.03. The number of methoxy groups -OCH3 is 1. The average molecular weight is 274 g/mol. The minimum absolute atomic E-state index is 0.116. The lowest BCUT2D eigenvalue weighted by molar-refractivity contribution is -0.114. The first-order valence-electron chi connectivity index (χ1n) is 6.11. The molecule has 4 nitrogen and oxygen atoms in total. The Balaban J connectivity index is 1.87. The van der Waals surface area contributed by atoms with Gasteiger partial charge in [0.2, 0.25) is 5.91 Å². The van der Waals surface area contributed by atoms with Gasteiger partial charge in [-0.3, -0.25) is 4.79 Å². The molecule has 0 saturated carbocycles. The van der Waals surface area contributed by atoms with Gasteiger partial charge in [-0.1, -0.05) is 6.07 Å². The molecular formula is C15H15FN2O2. The summed E-state index contributed by atoms with van der Waals surface area (Å²) >= 11 is 0. The topological polar surface area (TPSA) is 50.4 Å². The lowest BCUT2D eigenvalue weighted by Crippen LogP contribution is -2.21. The summed E-state index contributed by atoms with van der Waals surface area (Å²) in [6, 6.07) is 12.9. The molecular weight excluding hydrogens is 259 g/mol. The van der Waals surface area contributed by atoms with Crippen LogP contribution in [0.2, 0.25) is 0 Å². The van der Waals surface area contributed by atoms with Crippen molar-refractivity contribution in [3.05, 3.63) is 54.3 Å². The molecule has 0 unspecified atom stereocenters. The third kappa shape index (κ3) is 3.98. The first kappa shape index (κ1) is 13.9. The maximum Gasteiger partial charge on any atom is 0.243 e. The second-order valence-corrected chi connectivity index (χ2v) is 4.14. The van der Waals surface area contributed by atoms with Gasteiger partial charge < -0.3 is 15.4 Å². The Morgan fingerprint density at radius 2 is 1.90 bits per heavy atom. The van der Waals surface area contributed by atoms with Gasteiger partial charge in [-0.15, -0.1) is 0 Å². The Hall–Kier alpha value is -2.56. The van der Waals surface area contributed by atoms with Crippen molar-refractivity contribution in [2.75, 3.05) is 24.3 Å². The van der Waals surface area contributed by atoms with E-state index in [-0.39, 0.29) is 18.3 Å². The molecule has 0 aliphatic carbocycles. The normalized spacial score (nSPS) is 9.90. The zero-order valence-corrected chi connectivity index (χ0v) is 11.0. The van der Waals surface area contributed by atoms with Gasteiger partial charge in [-0.2, -0.15) is 0 Å². The Bertz CT molecular complexity index is 585. The molecule has 2 aromatic rings. The highest BCUT2D eigenvalue weighted by Crippen LogP contribution is 2.16. The van der Waals surface area contributed by atoms with Crippen molar-refractivity contribution in [3.63, 3.8) is 0 Å². The number of carbonyl (C=O) groups is 1. The summed E-state index contributed by atoms with van der Waals surface area (Å²) in [5.41, 5.74) is 1.35. The maximum atomic E-state index is 12.7. The van der Waals surface area contributed by atoms with E-state index in [1.165, 1.54) is 24.3 Å². The molecule has 0 bridgehead atoms. The quantitative estimate of drug-likeness (QED) is 0.881. The summed E-state index contributed by atoms with van der Waals surface area (Å²) in [6.45, 7) is 0.116. The maximum absolute atomic E-state index is 12.7. The van der Waals surface area contributed by atoms with Crippen molar-refractivity contribution in [3.8, 4) is 5.75 Å². The number of rotatable bonds is 5. The Morgan fingerprint density at radius 1 is 1.15 bits per heavy atom. The highest BCUT2D eigenvalue weighted by atomic mass is 19.1. The fourth-order valence-electron chi connectivity index (χ4n) is 1.65. The average Bonchev–Trinajstić information content (AvgIpc) is 2.48. The summed E-state index contributed by atoms with van der Waals surface area (Å²) in [4.78, 5) is 11.7. The van der Waals surface area contributed by atoms with E-state index in [0.717, 1.165) is 5.69 Å². The van der Waals surface area contributed by atoms with Crippen molar-refractivity contribution in [1.82, 2.24) is 0 Å². The number of carbonyl (C=O) groups excluding carboxylic acids is 1. The summed E-state index contributed by atoms with van der Waals surface area (Å²) in [5, 5.41) is 5.65. The number of hydrogen-bond donors (Lipinski definition) is 2. The van der Waals surface area contributed by atoms with Crippen LogP contribution in [-0.4, -0.2) is 19.6 Å². The van der Waals surface area contributed by atoms with Crippen molar-refractivity contribution in [1.29, 1.82) is 0 Å². The standard InChI is InChI=1S/C15H15FN2O2/c1-20-14-4-2-3-13(9-14)17-10-15(19)18-12-7-5-11(16)6-8-12/h2-9,17H,10H2,1H3,(H,18,19). The number of hydrogen-bond acceptors (Lipinski definition) is 3. The lowest BCUT2D eigenvalue weighted by atomic mass is 10.3. The van der Waals surface area contributed by atoms with Gasteiger partial charge >= 0.3 is 0 Å². The fourth-order valence-corrected chi connectivity index (χ4v) is 1.65. The number of nitrogens with one attached hydrogen (secondary N) is 2. The van der Waals surface area contributed by atoms with Crippen molar-refractivity contribution in [2.45, 2.75) is 0 Å². The van der Waals surface area contributed by atoms with E-state index >= 15 is 0 Å². The summed E-state index contributed by atoms with van der Waals surface area (Å²) in [7, 11) is 1.58. The van der Waals surface area contributed by atoms with Crippen molar-refractivity contribution < 1.29 is 13.9 Å². The molecule has 0 radical (unpaired) electrons. The van der Waals surface area contributed by atoms with E-state index in [4.69, 9.17) is 4.74 Å². The molecule has 0 aliphatic rings. The van der Waals surface area contributed by atoms with Crippen LogP contribution >= 0.6 is 0 Å². The molecule has 0 aromatic heterocycles. The molecule has 0 aliphatic heterocycles. The van der Waals surface area contributed by atoms with Gasteiger partial charge in [0.1, 0.15) is 11.6 Å². The zero-order valence-electron chi connectivity index (χ0n) is 11.0. The summed E-state index contributed by atoms with van der Waals surface area (Å²) < 4.78 is 17.8. The third-order valence-corrected chi connectivity index (χ3v) is 2.65. The molecule has 0 heterocycles. The molecule has 1 amide bonds. The zero-order chi connectivity index (χ0) is 14.4. The second-order valence-electron chi connectivity index (χ2n) is 4.14. The van der Waals surface area contributed by atoms with Crippen LogP contribution < -0.4 is 15.4 Å². The Kier molecular flexibility index (Phi) is 4.55. The molecule has 0 saturated heterocycles. The SMILES string of the molecule is COc1cccc(NCC(=O)Nc2ccc(F)cc2)c1.